The van der Waals surface area contributed by atoms with Crippen LogP contribution in [0.3, 0.4) is 0 Å². The Hall–Kier alpha value is -3.73. The summed E-state index contributed by atoms with van der Waals surface area (Å²) in [5, 5.41) is 10.1. The maximum absolute atomic E-state index is 13.3. The minimum absolute atomic E-state index is 0.0662. The summed E-state index contributed by atoms with van der Waals surface area (Å²) >= 11 is 5.85. The van der Waals surface area contributed by atoms with Gasteiger partial charge in [0.25, 0.3) is 0 Å². The minimum atomic E-state index is -4.11. The van der Waals surface area contributed by atoms with Gasteiger partial charge in [-0.05, 0) is 79.2 Å². The van der Waals surface area contributed by atoms with Gasteiger partial charge in [-0.2, -0.15) is 5.26 Å². The van der Waals surface area contributed by atoms with E-state index in [1.807, 2.05) is 0 Å². The van der Waals surface area contributed by atoms with Crippen LogP contribution in [-0.4, -0.2) is 18.6 Å². The fourth-order valence-corrected chi connectivity index (χ4v) is 4.87. The van der Waals surface area contributed by atoms with Crippen molar-refractivity contribution in [1.82, 2.24) is 4.40 Å². The zero-order chi connectivity index (χ0) is 23.8. The van der Waals surface area contributed by atoms with Crippen LogP contribution >= 0.6 is 11.6 Å². The Kier molecular flexibility index (Phi) is 5.90. The Morgan fingerprint density at radius 2 is 1.73 bits per heavy atom. The van der Waals surface area contributed by atoms with E-state index in [0.29, 0.717) is 27.4 Å². The number of pyridine rings is 1. The van der Waals surface area contributed by atoms with Crippen molar-refractivity contribution in [2.75, 3.05) is 0 Å². The van der Waals surface area contributed by atoms with Crippen LogP contribution in [0, 0.1) is 24.1 Å². The minimum Gasteiger partial charge on any atom is -0.313 e. The van der Waals surface area contributed by atoms with Gasteiger partial charge >= 0.3 is 0 Å². The molecule has 0 bridgehead atoms. The molecule has 0 N–H and O–H groups in total. The number of carbonyl (C=O) groups is 1. The second-order valence-electron chi connectivity index (χ2n) is 7.26. The topological polar surface area (TPSA) is 79.4 Å². The Labute approximate surface area is 194 Å². The number of sulfone groups is 1. The van der Waals surface area contributed by atoms with E-state index in [1.54, 1.807) is 41.8 Å². The van der Waals surface area contributed by atoms with Gasteiger partial charge in [0.1, 0.15) is 16.8 Å². The first-order valence-electron chi connectivity index (χ1n) is 9.76. The molecule has 8 heteroatoms. The monoisotopic (exact) mass is 478 g/mol. The third-order valence-electron chi connectivity index (χ3n) is 5.26. The first-order valence-corrected chi connectivity index (χ1v) is 11.6. The van der Waals surface area contributed by atoms with Crippen LogP contribution in [0.5, 0.6) is 0 Å². The lowest BCUT2D eigenvalue weighted by Crippen LogP contribution is -2.07. The molecule has 2 aromatic heterocycles. The predicted molar refractivity (Wildman–Crippen MR) is 124 cm³/mol. The maximum atomic E-state index is 13.3. The highest BCUT2D eigenvalue weighted by atomic mass is 35.5. The molecule has 0 saturated carbocycles. The highest BCUT2D eigenvalue weighted by Gasteiger charge is 2.25. The molecule has 0 atom stereocenters. The summed E-state index contributed by atoms with van der Waals surface area (Å²) < 4.78 is 41.1. The number of rotatable bonds is 5. The number of nitrogens with zero attached hydrogens (tertiary/aromatic N) is 2. The second kappa shape index (κ2) is 8.66. The molecule has 0 aliphatic carbocycles. The summed E-state index contributed by atoms with van der Waals surface area (Å²) in [4.78, 5) is 12.7. The van der Waals surface area contributed by atoms with Crippen molar-refractivity contribution < 1.29 is 17.6 Å². The molecule has 0 unspecified atom stereocenters. The number of halogens is 2. The van der Waals surface area contributed by atoms with Gasteiger partial charge in [-0.25, -0.2) is 12.8 Å². The first-order chi connectivity index (χ1) is 15.7. The molecule has 0 aliphatic rings. The van der Waals surface area contributed by atoms with Crippen molar-refractivity contribution in [2.24, 2.45) is 0 Å². The third kappa shape index (κ3) is 4.07. The zero-order valence-corrected chi connectivity index (χ0v) is 18.9. The number of allylic oxidation sites excluding steroid dienone is 1. The summed E-state index contributed by atoms with van der Waals surface area (Å²) in [5.41, 5.74) is 2.06. The van der Waals surface area contributed by atoms with Crippen molar-refractivity contribution in [3.63, 3.8) is 0 Å². The lowest BCUT2D eigenvalue weighted by Gasteiger charge is -2.04. The quantitative estimate of drug-likeness (QED) is 0.276. The molecular formula is C25H16ClFN2O3S. The van der Waals surface area contributed by atoms with Crippen LogP contribution in [0.25, 0.3) is 11.6 Å². The van der Waals surface area contributed by atoms with Gasteiger partial charge in [0.05, 0.1) is 16.1 Å². The molecular weight excluding hydrogens is 463 g/mol. The average Bonchev–Trinajstić information content (AvgIpc) is 3.08. The van der Waals surface area contributed by atoms with E-state index in [4.69, 9.17) is 11.6 Å². The lowest BCUT2D eigenvalue weighted by molar-refractivity contribution is 0.103. The Morgan fingerprint density at radius 3 is 2.36 bits per heavy atom. The van der Waals surface area contributed by atoms with E-state index < -0.39 is 20.6 Å². The van der Waals surface area contributed by atoms with Crippen molar-refractivity contribution >= 4 is 38.8 Å². The van der Waals surface area contributed by atoms with Gasteiger partial charge < -0.3 is 4.40 Å². The Bertz CT molecular complexity index is 1560. The normalized spacial score (nSPS) is 12.0. The molecule has 5 nitrogen and oxygen atoms in total. The first kappa shape index (κ1) is 22.5. The summed E-state index contributed by atoms with van der Waals surface area (Å²) in [6, 6.07) is 17.7. The number of carbonyl (C=O) groups excluding carboxylic acids is 1. The number of hydrogen-bond donors (Lipinski definition) is 0. The van der Waals surface area contributed by atoms with Gasteiger partial charge in [0.15, 0.2) is 0 Å². The van der Waals surface area contributed by atoms with Crippen LogP contribution in [0.2, 0.25) is 5.02 Å². The molecule has 33 heavy (non-hydrogen) atoms. The summed E-state index contributed by atoms with van der Waals surface area (Å²) in [6.07, 6.45) is 2.95. The predicted octanol–water partition coefficient (Wildman–Crippen LogP) is 5.61. The zero-order valence-electron chi connectivity index (χ0n) is 17.3. The number of aromatic nitrogens is 1. The van der Waals surface area contributed by atoms with E-state index in [9.17, 15) is 22.9 Å². The standard InChI is InChI=1S/C25H16ClFN2O3S/c1-16-22(14-21(15-28)33(31,32)20-11-7-18(26)8-12-20)23-4-2-3-13-29(23)24(16)25(30)17-5-9-19(27)10-6-17/h2-14H,1H3. The van der Waals surface area contributed by atoms with Crippen molar-refractivity contribution in [1.29, 1.82) is 5.26 Å². The van der Waals surface area contributed by atoms with E-state index in [2.05, 4.69) is 0 Å². The lowest BCUT2D eigenvalue weighted by atomic mass is 10.0. The van der Waals surface area contributed by atoms with Crippen LogP contribution < -0.4 is 0 Å². The van der Waals surface area contributed by atoms with Crippen molar-refractivity contribution in [2.45, 2.75) is 11.8 Å². The Morgan fingerprint density at radius 1 is 1.06 bits per heavy atom. The van der Waals surface area contributed by atoms with Gasteiger partial charge in [-0.1, -0.05) is 17.7 Å². The Balaban J connectivity index is 1.91. The second-order valence-corrected chi connectivity index (χ2v) is 9.61. The molecule has 4 aromatic rings. The van der Waals surface area contributed by atoms with Crippen LogP contribution in [0.15, 0.2) is 82.7 Å². The average molecular weight is 479 g/mol. The molecule has 2 aromatic carbocycles. The molecule has 0 radical (unpaired) electrons. The highest BCUT2D eigenvalue weighted by Crippen LogP contribution is 2.30. The number of nitriles is 1. The SMILES string of the molecule is Cc1c(C=C(C#N)S(=O)(=O)c2ccc(Cl)cc2)c2ccccn2c1C(=O)c1ccc(F)cc1. The van der Waals surface area contributed by atoms with Gasteiger partial charge in [0, 0.05) is 22.3 Å². The molecule has 0 spiro atoms. The van der Waals surface area contributed by atoms with Crippen molar-refractivity contribution in [3.8, 4) is 6.07 Å². The fraction of sp³-hybridized carbons (Fsp3) is 0.0400. The molecule has 0 saturated heterocycles. The molecule has 2 heterocycles. The van der Waals surface area contributed by atoms with E-state index in [-0.39, 0.29) is 16.2 Å². The maximum Gasteiger partial charge on any atom is 0.216 e. The fourth-order valence-electron chi connectivity index (χ4n) is 3.60. The van der Waals surface area contributed by atoms with Crippen molar-refractivity contribution in [3.05, 3.63) is 111 Å². The van der Waals surface area contributed by atoms with Gasteiger partial charge in [-0.3, -0.25) is 4.79 Å². The molecule has 0 amide bonds. The van der Waals surface area contributed by atoms with E-state index in [1.165, 1.54) is 54.6 Å². The van der Waals surface area contributed by atoms with Gasteiger partial charge in [0.2, 0.25) is 15.6 Å². The van der Waals surface area contributed by atoms with Gasteiger partial charge in [-0.15, -0.1) is 0 Å². The highest BCUT2D eigenvalue weighted by molar-refractivity contribution is 7.95. The summed E-state index contributed by atoms with van der Waals surface area (Å²) in [5.74, 6) is -0.814. The summed E-state index contributed by atoms with van der Waals surface area (Å²) in [6.45, 7) is 1.68. The molecule has 164 valence electrons. The smallest absolute Gasteiger partial charge is 0.216 e. The van der Waals surface area contributed by atoms with Crippen LogP contribution in [-0.2, 0) is 9.84 Å². The number of hydrogen-bond acceptors (Lipinski definition) is 4. The van der Waals surface area contributed by atoms with E-state index in [0.717, 1.165) is 0 Å². The molecule has 0 aliphatic heterocycles. The number of ketones is 1. The summed E-state index contributed by atoms with van der Waals surface area (Å²) in [7, 11) is -4.11. The number of fused-ring (bicyclic) bond motifs is 1. The number of benzene rings is 2. The molecule has 4 rings (SSSR count). The van der Waals surface area contributed by atoms with E-state index >= 15 is 0 Å². The largest absolute Gasteiger partial charge is 0.313 e. The third-order valence-corrected chi connectivity index (χ3v) is 7.19. The van der Waals surface area contributed by atoms with Crippen LogP contribution in [0.1, 0.15) is 27.2 Å². The molecule has 0 fully saturated rings. The van der Waals surface area contributed by atoms with Crippen LogP contribution in [0.4, 0.5) is 4.39 Å².